The minimum atomic E-state index is 0.0600. The largest absolute Gasteiger partial charge is 0.493 e. The Morgan fingerprint density at radius 1 is 1.19 bits per heavy atom. The Balaban J connectivity index is 1.63. The lowest BCUT2D eigenvalue weighted by Crippen LogP contribution is -2.35. The SMILES string of the molecule is O=C(CCOc1ccccc1)NCC1CCCCC1CCl. The van der Waals surface area contributed by atoms with Crippen LogP contribution in [0.15, 0.2) is 30.3 Å². The topological polar surface area (TPSA) is 38.3 Å². The summed E-state index contributed by atoms with van der Waals surface area (Å²) in [5, 5.41) is 3.03. The number of hydrogen-bond donors (Lipinski definition) is 1. The number of ether oxygens (including phenoxy) is 1. The first kappa shape index (κ1) is 16.2. The third-order valence-corrected chi connectivity index (χ3v) is 4.56. The van der Waals surface area contributed by atoms with E-state index in [0.717, 1.165) is 12.3 Å². The molecule has 2 atom stereocenters. The van der Waals surface area contributed by atoms with Crippen molar-refractivity contribution in [2.75, 3.05) is 19.0 Å². The standard InChI is InChI=1S/C17H24ClNO2/c18-12-14-6-4-5-7-15(14)13-19-17(20)10-11-21-16-8-2-1-3-9-16/h1-3,8-9,14-15H,4-7,10-13H2,(H,19,20). The first-order valence-corrected chi connectivity index (χ1v) is 8.33. The molecule has 1 aliphatic rings. The number of para-hydroxylation sites is 1. The van der Waals surface area contributed by atoms with Crippen molar-refractivity contribution >= 4 is 17.5 Å². The molecule has 0 aromatic heterocycles. The van der Waals surface area contributed by atoms with Gasteiger partial charge in [-0.1, -0.05) is 31.0 Å². The van der Waals surface area contributed by atoms with Crippen molar-refractivity contribution in [1.29, 1.82) is 0 Å². The molecule has 1 amide bonds. The molecule has 0 radical (unpaired) electrons. The van der Waals surface area contributed by atoms with E-state index in [4.69, 9.17) is 16.3 Å². The van der Waals surface area contributed by atoms with Gasteiger partial charge in [-0.2, -0.15) is 0 Å². The van der Waals surface area contributed by atoms with Crippen molar-refractivity contribution < 1.29 is 9.53 Å². The zero-order valence-electron chi connectivity index (χ0n) is 12.4. The van der Waals surface area contributed by atoms with Crippen LogP contribution in [0.25, 0.3) is 0 Å². The molecule has 0 spiro atoms. The molecule has 1 fully saturated rings. The fourth-order valence-electron chi connectivity index (χ4n) is 2.87. The van der Waals surface area contributed by atoms with Gasteiger partial charge in [0.1, 0.15) is 5.75 Å². The van der Waals surface area contributed by atoms with Crippen LogP contribution in [0.1, 0.15) is 32.1 Å². The summed E-state index contributed by atoms with van der Waals surface area (Å²) in [7, 11) is 0. The zero-order valence-corrected chi connectivity index (χ0v) is 13.1. The van der Waals surface area contributed by atoms with Crippen LogP contribution in [0, 0.1) is 11.8 Å². The summed E-state index contributed by atoms with van der Waals surface area (Å²) in [4.78, 5) is 11.8. The van der Waals surface area contributed by atoms with Crippen molar-refractivity contribution in [3.8, 4) is 5.75 Å². The average molecular weight is 310 g/mol. The highest BCUT2D eigenvalue weighted by Gasteiger charge is 2.24. The van der Waals surface area contributed by atoms with Gasteiger partial charge in [-0.25, -0.2) is 0 Å². The molecule has 0 bridgehead atoms. The summed E-state index contributed by atoms with van der Waals surface area (Å²) in [5.41, 5.74) is 0. The van der Waals surface area contributed by atoms with E-state index in [0.29, 0.717) is 30.7 Å². The number of nitrogens with one attached hydrogen (secondary N) is 1. The molecule has 1 aromatic rings. The Bertz CT molecular complexity index is 424. The van der Waals surface area contributed by atoms with Gasteiger partial charge in [-0.3, -0.25) is 4.79 Å². The molecule has 4 heteroatoms. The highest BCUT2D eigenvalue weighted by atomic mass is 35.5. The molecule has 3 nitrogen and oxygen atoms in total. The van der Waals surface area contributed by atoms with Gasteiger partial charge in [0.15, 0.2) is 0 Å². The number of alkyl halides is 1. The summed E-state index contributed by atoms with van der Waals surface area (Å²) < 4.78 is 5.53. The predicted molar refractivity (Wildman–Crippen MR) is 85.7 cm³/mol. The average Bonchev–Trinajstić information content (AvgIpc) is 2.54. The Labute approximate surface area is 132 Å². The molecule has 0 aliphatic heterocycles. The first-order valence-electron chi connectivity index (χ1n) is 7.80. The molecule has 2 unspecified atom stereocenters. The minimum Gasteiger partial charge on any atom is -0.493 e. The Kier molecular flexibility index (Phi) is 6.87. The Morgan fingerprint density at radius 2 is 1.90 bits per heavy atom. The molecule has 1 N–H and O–H groups in total. The van der Waals surface area contributed by atoms with Gasteiger partial charge in [0.25, 0.3) is 0 Å². The monoisotopic (exact) mass is 309 g/mol. The maximum absolute atomic E-state index is 11.8. The van der Waals surface area contributed by atoms with Crippen molar-refractivity contribution in [2.24, 2.45) is 11.8 Å². The van der Waals surface area contributed by atoms with E-state index in [1.165, 1.54) is 25.7 Å². The van der Waals surface area contributed by atoms with Crippen LogP contribution in [-0.4, -0.2) is 24.9 Å². The third-order valence-electron chi connectivity index (χ3n) is 4.17. The summed E-state index contributed by atoms with van der Waals surface area (Å²) in [6.07, 6.45) is 5.30. The van der Waals surface area contributed by atoms with E-state index in [2.05, 4.69) is 5.32 Å². The molecule has 1 saturated carbocycles. The minimum absolute atomic E-state index is 0.0600. The summed E-state index contributed by atoms with van der Waals surface area (Å²) in [6, 6.07) is 9.57. The third kappa shape index (κ3) is 5.58. The number of amides is 1. The second-order valence-corrected chi connectivity index (χ2v) is 5.98. The molecule has 21 heavy (non-hydrogen) atoms. The normalized spacial score (nSPS) is 21.8. The van der Waals surface area contributed by atoms with E-state index in [9.17, 15) is 4.79 Å². The number of rotatable bonds is 7. The van der Waals surface area contributed by atoms with E-state index < -0.39 is 0 Å². The molecular formula is C17H24ClNO2. The molecule has 2 rings (SSSR count). The van der Waals surface area contributed by atoms with E-state index in [1.54, 1.807) is 0 Å². The van der Waals surface area contributed by atoms with Crippen molar-refractivity contribution in [2.45, 2.75) is 32.1 Å². The van der Waals surface area contributed by atoms with Gasteiger partial charge in [0.05, 0.1) is 13.0 Å². The highest BCUT2D eigenvalue weighted by molar-refractivity contribution is 6.18. The Morgan fingerprint density at radius 3 is 2.62 bits per heavy atom. The molecular weight excluding hydrogens is 286 g/mol. The predicted octanol–water partition coefficient (Wildman–Crippen LogP) is 3.62. The van der Waals surface area contributed by atoms with E-state index >= 15 is 0 Å². The second kappa shape index (κ2) is 8.93. The molecule has 1 aromatic carbocycles. The van der Waals surface area contributed by atoms with Crippen molar-refractivity contribution in [3.05, 3.63) is 30.3 Å². The van der Waals surface area contributed by atoms with Crippen molar-refractivity contribution in [1.82, 2.24) is 5.32 Å². The van der Waals surface area contributed by atoms with Crippen LogP contribution in [0.3, 0.4) is 0 Å². The summed E-state index contributed by atoms with van der Waals surface area (Å²) in [5.74, 6) is 2.67. The lowest BCUT2D eigenvalue weighted by atomic mass is 9.80. The van der Waals surface area contributed by atoms with Gasteiger partial charge >= 0.3 is 0 Å². The number of hydrogen-bond acceptors (Lipinski definition) is 2. The smallest absolute Gasteiger partial charge is 0.223 e. The summed E-state index contributed by atoms with van der Waals surface area (Å²) >= 11 is 6.01. The van der Waals surface area contributed by atoms with E-state index in [1.807, 2.05) is 30.3 Å². The fourth-order valence-corrected chi connectivity index (χ4v) is 3.27. The molecule has 0 heterocycles. The van der Waals surface area contributed by atoms with Crippen LogP contribution >= 0.6 is 11.6 Å². The zero-order chi connectivity index (χ0) is 14.9. The lowest BCUT2D eigenvalue weighted by molar-refractivity contribution is -0.121. The molecule has 116 valence electrons. The van der Waals surface area contributed by atoms with Gasteiger partial charge in [-0.05, 0) is 36.8 Å². The highest BCUT2D eigenvalue weighted by Crippen LogP contribution is 2.30. The quantitative estimate of drug-likeness (QED) is 0.781. The fraction of sp³-hybridized carbons (Fsp3) is 0.588. The maximum Gasteiger partial charge on any atom is 0.223 e. The number of carbonyl (C=O) groups excluding carboxylic acids is 1. The molecule has 1 aliphatic carbocycles. The maximum atomic E-state index is 11.8. The van der Waals surface area contributed by atoms with Gasteiger partial charge < -0.3 is 10.1 Å². The van der Waals surface area contributed by atoms with Crippen LogP contribution in [0.4, 0.5) is 0 Å². The number of carbonyl (C=O) groups is 1. The van der Waals surface area contributed by atoms with Crippen LogP contribution in [0.5, 0.6) is 5.75 Å². The van der Waals surface area contributed by atoms with Crippen LogP contribution in [0.2, 0.25) is 0 Å². The van der Waals surface area contributed by atoms with Crippen LogP contribution < -0.4 is 10.1 Å². The number of benzene rings is 1. The van der Waals surface area contributed by atoms with Crippen molar-refractivity contribution in [3.63, 3.8) is 0 Å². The van der Waals surface area contributed by atoms with Gasteiger partial charge in [0.2, 0.25) is 5.91 Å². The Hall–Kier alpha value is -1.22. The number of halogens is 1. The van der Waals surface area contributed by atoms with Gasteiger partial charge in [-0.15, -0.1) is 11.6 Å². The molecule has 0 saturated heterocycles. The second-order valence-electron chi connectivity index (χ2n) is 5.67. The summed E-state index contributed by atoms with van der Waals surface area (Å²) in [6.45, 7) is 1.17. The lowest BCUT2D eigenvalue weighted by Gasteiger charge is -2.30. The first-order chi connectivity index (χ1) is 10.3. The van der Waals surface area contributed by atoms with Gasteiger partial charge in [0, 0.05) is 12.4 Å². The van der Waals surface area contributed by atoms with E-state index in [-0.39, 0.29) is 5.91 Å². The van der Waals surface area contributed by atoms with Crippen LogP contribution in [-0.2, 0) is 4.79 Å².